The Bertz CT molecular complexity index is 176. The van der Waals surface area contributed by atoms with Gasteiger partial charge in [-0.25, -0.2) is 0 Å². The highest BCUT2D eigenvalue weighted by Gasteiger charge is 1.96. The summed E-state index contributed by atoms with van der Waals surface area (Å²) in [5, 5.41) is 2.81. The molecule has 1 N–H and O–H groups in total. The van der Waals surface area contributed by atoms with Crippen LogP contribution < -0.4 is 5.32 Å². The summed E-state index contributed by atoms with van der Waals surface area (Å²) < 4.78 is 0. The number of carbonyl (C=O) groups excluding carboxylic acids is 1. The molecule has 68 valence electrons. The number of carbonyl (C=O) groups is 1. The van der Waals surface area contributed by atoms with Crippen LogP contribution in [-0.4, -0.2) is 12.5 Å². The summed E-state index contributed by atoms with van der Waals surface area (Å²) in [7, 11) is 0. The first-order valence-corrected chi connectivity index (χ1v) is 4.47. The quantitative estimate of drug-likeness (QED) is 0.490. The summed E-state index contributed by atoms with van der Waals surface area (Å²) in [6.07, 6.45) is 3.46. The first-order valence-electron chi connectivity index (χ1n) is 4.47. The van der Waals surface area contributed by atoms with Crippen molar-refractivity contribution in [2.75, 3.05) is 6.54 Å². The van der Waals surface area contributed by atoms with E-state index in [4.69, 9.17) is 0 Å². The minimum absolute atomic E-state index is 0.148. The molecular weight excluding hydrogens is 150 g/mol. The van der Waals surface area contributed by atoms with Gasteiger partial charge in [0, 0.05) is 19.4 Å². The van der Waals surface area contributed by atoms with E-state index < -0.39 is 0 Å². The van der Waals surface area contributed by atoms with E-state index in [9.17, 15) is 4.79 Å². The van der Waals surface area contributed by atoms with Crippen LogP contribution >= 0.6 is 0 Å². The lowest BCUT2D eigenvalue weighted by Gasteiger charge is -2.00. The maximum Gasteiger partial charge on any atom is 0.220 e. The highest BCUT2D eigenvalue weighted by Crippen LogP contribution is 1.92. The summed E-state index contributed by atoms with van der Waals surface area (Å²) >= 11 is 0. The van der Waals surface area contributed by atoms with Gasteiger partial charge >= 0.3 is 0 Å². The van der Waals surface area contributed by atoms with Crippen molar-refractivity contribution in [3.63, 3.8) is 0 Å². The fraction of sp³-hybridized carbons (Fsp3) is 0.700. The second kappa shape index (κ2) is 8.13. The van der Waals surface area contributed by atoms with Crippen molar-refractivity contribution in [3.05, 3.63) is 0 Å². The normalized spacial score (nSPS) is 8.50. The molecule has 0 heterocycles. The molecule has 0 aliphatic carbocycles. The highest BCUT2D eigenvalue weighted by atomic mass is 16.1. The van der Waals surface area contributed by atoms with Crippen molar-refractivity contribution in [2.24, 2.45) is 0 Å². The minimum Gasteiger partial charge on any atom is -0.355 e. The van der Waals surface area contributed by atoms with Gasteiger partial charge in [-0.15, -0.1) is 11.8 Å². The fourth-order valence-electron chi connectivity index (χ4n) is 0.815. The predicted molar refractivity (Wildman–Crippen MR) is 50.6 cm³/mol. The zero-order chi connectivity index (χ0) is 9.23. The van der Waals surface area contributed by atoms with Crippen molar-refractivity contribution in [1.29, 1.82) is 0 Å². The Morgan fingerprint density at radius 2 is 2.25 bits per heavy atom. The number of hydrogen-bond acceptors (Lipinski definition) is 1. The summed E-state index contributed by atoms with van der Waals surface area (Å²) in [5.74, 6) is 5.83. The van der Waals surface area contributed by atoms with Gasteiger partial charge in [0.25, 0.3) is 0 Å². The van der Waals surface area contributed by atoms with Crippen LogP contribution in [0, 0.1) is 11.8 Å². The summed E-state index contributed by atoms with van der Waals surface area (Å²) in [5.41, 5.74) is 0. The number of rotatable bonds is 5. The molecule has 0 spiro atoms. The molecule has 12 heavy (non-hydrogen) atoms. The van der Waals surface area contributed by atoms with Crippen LogP contribution in [0.15, 0.2) is 0 Å². The fourth-order valence-corrected chi connectivity index (χ4v) is 0.815. The first kappa shape index (κ1) is 11.0. The summed E-state index contributed by atoms with van der Waals surface area (Å²) in [4.78, 5) is 11.0. The maximum atomic E-state index is 11.0. The van der Waals surface area contributed by atoms with Crippen molar-refractivity contribution in [2.45, 2.75) is 39.5 Å². The lowest BCUT2D eigenvalue weighted by atomic mass is 10.2. The first-order chi connectivity index (χ1) is 5.81. The van der Waals surface area contributed by atoms with E-state index in [1.807, 2.05) is 0 Å². The Kier molecular flexibility index (Phi) is 7.47. The molecule has 0 radical (unpaired) electrons. The zero-order valence-corrected chi connectivity index (χ0v) is 7.94. The third-order valence-electron chi connectivity index (χ3n) is 1.51. The van der Waals surface area contributed by atoms with E-state index >= 15 is 0 Å². The molecule has 1 amide bonds. The Labute approximate surface area is 74.7 Å². The Morgan fingerprint density at radius 3 is 2.83 bits per heavy atom. The molecule has 2 nitrogen and oxygen atoms in total. The Morgan fingerprint density at radius 1 is 1.50 bits per heavy atom. The predicted octanol–water partition coefficient (Wildman–Crippen LogP) is 1.71. The van der Waals surface area contributed by atoms with Gasteiger partial charge in [0.15, 0.2) is 0 Å². The molecule has 0 rings (SSSR count). The standard InChI is InChI=1S/C10H17NO/c1-3-5-7-9-11-10(12)8-6-4-2/h4,6-9H2,1-2H3,(H,11,12). The van der Waals surface area contributed by atoms with E-state index in [1.165, 1.54) is 0 Å². The molecule has 0 saturated heterocycles. The van der Waals surface area contributed by atoms with Crippen LogP contribution in [0.3, 0.4) is 0 Å². The third-order valence-corrected chi connectivity index (χ3v) is 1.51. The Hall–Kier alpha value is -0.970. The molecular formula is C10H17NO. The molecule has 0 aromatic rings. The molecule has 0 aliphatic rings. The van der Waals surface area contributed by atoms with E-state index in [-0.39, 0.29) is 5.91 Å². The van der Waals surface area contributed by atoms with Crippen molar-refractivity contribution < 1.29 is 4.79 Å². The lowest BCUT2D eigenvalue weighted by molar-refractivity contribution is -0.121. The van der Waals surface area contributed by atoms with Gasteiger partial charge in [-0.05, 0) is 13.3 Å². The van der Waals surface area contributed by atoms with E-state index in [0.29, 0.717) is 13.0 Å². The average Bonchev–Trinajstić information content (AvgIpc) is 2.09. The number of nitrogens with one attached hydrogen (secondary N) is 1. The average molecular weight is 167 g/mol. The molecule has 0 unspecified atom stereocenters. The largest absolute Gasteiger partial charge is 0.355 e. The van der Waals surface area contributed by atoms with Crippen molar-refractivity contribution in [1.82, 2.24) is 5.32 Å². The number of amides is 1. The number of unbranched alkanes of at least 4 members (excludes halogenated alkanes) is 1. The van der Waals surface area contributed by atoms with Gasteiger partial charge in [-0.3, -0.25) is 4.79 Å². The topological polar surface area (TPSA) is 29.1 Å². The van der Waals surface area contributed by atoms with Gasteiger partial charge in [0.05, 0.1) is 0 Å². The molecule has 0 aromatic heterocycles. The molecule has 0 saturated carbocycles. The van der Waals surface area contributed by atoms with Crippen LogP contribution in [0.5, 0.6) is 0 Å². The Balaban J connectivity index is 3.23. The van der Waals surface area contributed by atoms with Gasteiger partial charge in [0.2, 0.25) is 5.91 Å². The summed E-state index contributed by atoms with van der Waals surface area (Å²) in [6, 6.07) is 0. The molecule has 0 fully saturated rings. The lowest BCUT2D eigenvalue weighted by Crippen LogP contribution is -2.23. The molecule has 0 aliphatic heterocycles. The van der Waals surface area contributed by atoms with Gasteiger partial charge < -0.3 is 5.32 Å². The number of hydrogen-bond donors (Lipinski definition) is 1. The van der Waals surface area contributed by atoms with Gasteiger partial charge in [-0.1, -0.05) is 13.3 Å². The van der Waals surface area contributed by atoms with Crippen molar-refractivity contribution in [3.8, 4) is 11.8 Å². The molecule has 0 atom stereocenters. The van der Waals surface area contributed by atoms with Crippen LogP contribution in [0.25, 0.3) is 0 Å². The van der Waals surface area contributed by atoms with Gasteiger partial charge in [0.1, 0.15) is 0 Å². The van der Waals surface area contributed by atoms with Crippen molar-refractivity contribution >= 4 is 5.91 Å². The van der Waals surface area contributed by atoms with Crippen LogP contribution in [-0.2, 0) is 4.79 Å². The minimum atomic E-state index is 0.148. The van der Waals surface area contributed by atoms with Gasteiger partial charge in [-0.2, -0.15) is 0 Å². The molecule has 0 aromatic carbocycles. The maximum absolute atomic E-state index is 11.0. The smallest absolute Gasteiger partial charge is 0.220 e. The van der Waals surface area contributed by atoms with E-state index in [2.05, 4.69) is 24.1 Å². The monoisotopic (exact) mass is 167 g/mol. The van der Waals surface area contributed by atoms with Crippen LogP contribution in [0.1, 0.15) is 39.5 Å². The van der Waals surface area contributed by atoms with E-state index in [1.54, 1.807) is 6.92 Å². The van der Waals surface area contributed by atoms with E-state index in [0.717, 1.165) is 19.3 Å². The van der Waals surface area contributed by atoms with Crippen LogP contribution in [0.4, 0.5) is 0 Å². The molecule has 2 heteroatoms. The zero-order valence-electron chi connectivity index (χ0n) is 7.94. The van der Waals surface area contributed by atoms with Crippen LogP contribution in [0.2, 0.25) is 0 Å². The third kappa shape index (κ3) is 7.14. The molecule has 0 bridgehead atoms. The SMILES string of the molecule is CC#CCCNC(=O)CCCC. The summed E-state index contributed by atoms with van der Waals surface area (Å²) in [6.45, 7) is 4.57. The second-order valence-corrected chi connectivity index (χ2v) is 2.63. The highest BCUT2D eigenvalue weighted by molar-refractivity contribution is 5.75. The second-order valence-electron chi connectivity index (χ2n) is 2.63.